The molecule has 3 rings (SSSR count). The standard InChI is InChI=1S/C19H23N5O2/c1-5-26-14-9-7-11-10-12(6-8-13(11)22-14)16-15(18(21)25)17(20)24(23-16)19(2,3)4/h6-10H,5,20H2,1-4H3,(H2,21,25). The fourth-order valence-corrected chi connectivity index (χ4v) is 2.87. The molecule has 1 amide bonds. The second kappa shape index (κ2) is 6.33. The first-order valence-electron chi connectivity index (χ1n) is 8.45. The molecular weight excluding hydrogens is 330 g/mol. The van der Waals surface area contributed by atoms with Gasteiger partial charge in [-0.3, -0.25) is 4.79 Å². The first-order chi connectivity index (χ1) is 12.2. The topological polar surface area (TPSA) is 109 Å². The Morgan fingerprint density at radius 1 is 1.23 bits per heavy atom. The molecule has 0 aliphatic carbocycles. The molecule has 0 radical (unpaired) electrons. The summed E-state index contributed by atoms with van der Waals surface area (Å²) in [7, 11) is 0. The van der Waals surface area contributed by atoms with Crippen LogP contribution in [0.3, 0.4) is 0 Å². The monoisotopic (exact) mass is 353 g/mol. The molecule has 3 aromatic rings. The van der Waals surface area contributed by atoms with Gasteiger partial charge in [0.15, 0.2) is 0 Å². The number of benzene rings is 1. The van der Waals surface area contributed by atoms with Crippen molar-refractivity contribution in [1.29, 1.82) is 0 Å². The molecule has 26 heavy (non-hydrogen) atoms. The van der Waals surface area contributed by atoms with Crippen molar-refractivity contribution in [1.82, 2.24) is 14.8 Å². The number of aromatic nitrogens is 3. The normalized spacial score (nSPS) is 11.7. The van der Waals surface area contributed by atoms with Gasteiger partial charge in [0.1, 0.15) is 17.1 Å². The minimum absolute atomic E-state index is 0.234. The fourth-order valence-electron chi connectivity index (χ4n) is 2.87. The van der Waals surface area contributed by atoms with Crippen molar-refractivity contribution in [3.63, 3.8) is 0 Å². The van der Waals surface area contributed by atoms with E-state index in [1.165, 1.54) is 0 Å². The molecule has 0 spiro atoms. The number of anilines is 1. The Balaban J connectivity index is 2.17. The van der Waals surface area contributed by atoms with Crippen molar-refractivity contribution in [3.8, 4) is 17.1 Å². The lowest BCUT2D eigenvalue weighted by Crippen LogP contribution is -2.25. The quantitative estimate of drug-likeness (QED) is 0.749. The Bertz CT molecular complexity index is 985. The number of ether oxygens (including phenoxy) is 1. The predicted molar refractivity (Wildman–Crippen MR) is 102 cm³/mol. The predicted octanol–water partition coefficient (Wildman–Crippen LogP) is 2.93. The lowest BCUT2D eigenvalue weighted by atomic mass is 10.0. The first kappa shape index (κ1) is 17.7. The number of amides is 1. The zero-order chi connectivity index (χ0) is 19.1. The van der Waals surface area contributed by atoms with E-state index in [1.54, 1.807) is 4.68 Å². The number of pyridine rings is 1. The number of primary amides is 1. The van der Waals surface area contributed by atoms with Crippen molar-refractivity contribution in [2.24, 2.45) is 5.73 Å². The summed E-state index contributed by atoms with van der Waals surface area (Å²) in [5.74, 6) is 0.245. The molecule has 7 nitrogen and oxygen atoms in total. The highest BCUT2D eigenvalue weighted by atomic mass is 16.5. The average molecular weight is 353 g/mol. The van der Waals surface area contributed by atoms with Gasteiger partial charge in [0.25, 0.3) is 5.91 Å². The Morgan fingerprint density at radius 2 is 1.96 bits per heavy atom. The summed E-state index contributed by atoms with van der Waals surface area (Å²) in [6.07, 6.45) is 0. The number of nitrogens with two attached hydrogens (primary N) is 2. The molecule has 2 aromatic heterocycles. The minimum atomic E-state index is -0.599. The molecule has 0 atom stereocenters. The van der Waals surface area contributed by atoms with Crippen LogP contribution in [0.1, 0.15) is 38.1 Å². The average Bonchev–Trinajstić information content (AvgIpc) is 2.92. The molecule has 136 valence electrons. The molecule has 4 N–H and O–H groups in total. The summed E-state index contributed by atoms with van der Waals surface area (Å²) >= 11 is 0. The molecule has 0 bridgehead atoms. The van der Waals surface area contributed by atoms with Gasteiger partial charge in [0, 0.05) is 17.0 Å². The second-order valence-electron chi connectivity index (χ2n) is 7.05. The molecule has 0 aliphatic rings. The van der Waals surface area contributed by atoms with E-state index in [4.69, 9.17) is 16.2 Å². The molecule has 7 heteroatoms. The summed E-state index contributed by atoms with van der Waals surface area (Å²) in [4.78, 5) is 16.5. The van der Waals surface area contributed by atoms with Gasteiger partial charge in [-0.15, -0.1) is 0 Å². The highest BCUT2D eigenvalue weighted by Crippen LogP contribution is 2.32. The third kappa shape index (κ3) is 3.08. The molecular formula is C19H23N5O2. The van der Waals surface area contributed by atoms with Crippen LogP contribution in [0.15, 0.2) is 30.3 Å². The van der Waals surface area contributed by atoms with E-state index in [9.17, 15) is 4.79 Å². The molecule has 0 saturated heterocycles. The molecule has 1 aromatic carbocycles. The van der Waals surface area contributed by atoms with E-state index in [0.29, 0.717) is 18.2 Å². The Hall–Kier alpha value is -3.09. The van der Waals surface area contributed by atoms with Crippen LogP contribution in [0.2, 0.25) is 0 Å². The van der Waals surface area contributed by atoms with Crippen LogP contribution in [-0.4, -0.2) is 27.3 Å². The van der Waals surface area contributed by atoms with Crippen molar-refractivity contribution in [3.05, 3.63) is 35.9 Å². The first-order valence-corrected chi connectivity index (χ1v) is 8.45. The van der Waals surface area contributed by atoms with E-state index in [0.717, 1.165) is 16.5 Å². The zero-order valence-corrected chi connectivity index (χ0v) is 15.4. The van der Waals surface area contributed by atoms with Gasteiger partial charge in [-0.2, -0.15) is 5.10 Å². The van der Waals surface area contributed by atoms with Gasteiger partial charge in [-0.05, 0) is 45.9 Å². The highest BCUT2D eigenvalue weighted by molar-refractivity contribution is 6.04. The van der Waals surface area contributed by atoms with E-state index in [-0.39, 0.29) is 16.9 Å². The van der Waals surface area contributed by atoms with E-state index < -0.39 is 5.91 Å². The van der Waals surface area contributed by atoms with Gasteiger partial charge in [-0.25, -0.2) is 9.67 Å². The van der Waals surface area contributed by atoms with Crippen LogP contribution in [0.4, 0.5) is 5.82 Å². The van der Waals surface area contributed by atoms with Gasteiger partial charge in [0.2, 0.25) is 5.88 Å². The third-order valence-electron chi connectivity index (χ3n) is 4.03. The maximum absolute atomic E-state index is 12.0. The highest BCUT2D eigenvalue weighted by Gasteiger charge is 2.26. The van der Waals surface area contributed by atoms with Crippen LogP contribution in [-0.2, 0) is 5.54 Å². The van der Waals surface area contributed by atoms with Crippen LogP contribution < -0.4 is 16.2 Å². The van der Waals surface area contributed by atoms with E-state index in [2.05, 4.69) is 10.1 Å². The zero-order valence-electron chi connectivity index (χ0n) is 15.4. The molecule has 0 unspecified atom stereocenters. The van der Waals surface area contributed by atoms with E-state index >= 15 is 0 Å². The number of rotatable bonds is 4. The summed E-state index contributed by atoms with van der Waals surface area (Å²) in [5, 5.41) is 5.48. The lowest BCUT2D eigenvalue weighted by Gasteiger charge is -2.20. The third-order valence-corrected chi connectivity index (χ3v) is 4.03. The number of carbonyl (C=O) groups excluding carboxylic acids is 1. The van der Waals surface area contributed by atoms with Crippen LogP contribution >= 0.6 is 0 Å². The van der Waals surface area contributed by atoms with Gasteiger partial charge < -0.3 is 16.2 Å². The number of carbonyl (C=O) groups is 1. The van der Waals surface area contributed by atoms with Crippen molar-refractivity contribution < 1.29 is 9.53 Å². The summed E-state index contributed by atoms with van der Waals surface area (Å²) in [5.41, 5.74) is 13.6. The van der Waals surface area contributed by atoms with Crippen molar-refractivity contribution >= 4 is 22.6 Å². The maximum Gasteiger partial charge on any atom is 0.254 e. The summed E-state index contributed by atoms with van der Waals surface area (Å²) in [6.45, 7) is 8.36. The lowest BCUT2D eigenvalue weighted by molar-refractivity contribution is 0.100. The Labute approximate surface area is 152 Å². The molecule has 0 fully saturated rings. The van der Waals surface area contributed by atoms with Gasteiger partial charge >= 0.3 is 0 Å². The van der Waals surface area contributed by atoms with E-state index in [1.807, 2.05) is 58.0 Å². The molecule has 0 saturated carbocycles. The Morgan fingerprint density at radius 3 is 2.58 bits per heavy atom. The number of hydrogen-bond acceptors (Lipinski definition) is 5. The van der Waals surface area contributed by atoms with Crippen LogP contribution in [0.5, 0.6) is 5.88 Å². The number of hydrogen-bond donors (Lipinski definition) is 2. The molecule has 2 heterocycles. The number of nitrogen functional groups attached to an aromatic ring is 1. The minimum Gasteiger partial charge on any atom is -0.478 e. The number of nitrogens with zero attached hydrogens (tertiary/aromatic N) is 3. The smallest absolute Gasteiger partial charge is 0.254 e. The largest absolute Gasteiger partial charge is 0.478 e. The van der Waals surface area contributed by atoms with Crippen LogP contribution in [0.25, 0.3) is 22.2 Å². The van der Waals surface area contributed by atoms with Gasteiger partial charge in [-0.1, -0.05) is 6.07 Å². The molecule has 0 aliphatic heterocycles. The SMILES string of the molecule is CCOc1ccc2cc(-c3nn(C(C)(C)C)c(N)c3C(N)=O)ccc2n1. The van der Waals surface area contributed by atoms with Crippen LogP contribution in [0, 0.1) is 0 Å². The summed E-state index contributed by atoms with van der Waals surface area (Å²) in [6, 6.07) is 9.37. The second-order valence-corrected chi connectivity index (χ2v) is 7.05. The maximum atomic E-state index is 12.0. The summed E-state index contributed by atoms with van der Waals surface area (Å²) < 4.78 is 7.06. The van der Waals surface area contributed by atoms with Crippen molar-refractivity contribution in [2.75, 3.05) is 12.3 Å². The fraction of sp³-hybridized carbons (Fsp3) is 0.316. The Kier molecular flexibility index (Phi) is 4.31. The van der Waals surface area contributed by atoms with Crippen molar-refractivity contribution in [2.45, 2.75) is 33.2 Å². The number of fused-ring (bicyclic) bond motifs is 1. The van der Waals surface area contributed by atoms with Gasteiger partial charge in [0.05, 0.1) is 17.7 Å².